The molecule has 0 radical (unpaired) electrons. The van der Waals surface area contributed by atoms with Crippen LogP contribution in [0.3, 0.4) is 0 Å². The summed E-state index contributed by atoms with van der Waals surface area (Å²) in [5.41, 5.74) is 4.32. The highest BCUT2D eigenvalue weighted by Crippen LogP contribution is 2.45. The Morgan fingerprint density at radius 2 is 1.71 bits per heavy atom. The summed E-state index contributed by atoms with van der Waals surface area (Å²) in [5, 5.41) is 18.2. The molecule has 3 heterocycles. The van der Waals surface area contributed by atoms with Gasteiger partial charge in [0.1, 0.15) is 5.69 Å². The molecule has 0 bridgehead atoms. The van der Waals surface area contributed by atoms with Crippen molar-refractivity contribution >= 4 is 46.2 Å². The first-order valence-corrected chi connectivity index (χ1v) is 12.0. The molecule has 4 aromatic rings. The third-order valence-electron chi connectivity index (χ3n) is 7.17. The number of piperidine rings is 1. The van der Waals surface area contributed by atoms with Crippen LogP contribution in [-0.2, 0) is 12.8 Å². The average Bonchev–Trinajstić information content (AvgIpc) is 3.41. The number of aromatic carboxylic acids is 1. The van der Waals surface area contributed by atoms with Gasteiger partial charge in [0, 0.05) is 18.7 Å². The van der Waals surface area contributed by atoms with Crippen molar-refractivity contribution in [3.8, 4) is 11.3 Å². The molecule has 1 fully saturated rings. The summed E-state index contributed by atoms with van der Waals surface area (Å²) in [5.74, 6) is -0.739. The third-order valence-corrected chi connectivity index (χ3v) is 7.99. The molecule has 0 amide bonds. The van der Waals surface area contributed by atoms with E-state index in [9.17, 15) is 9.90 Å². The Morgan fingerprint density at radius 3 is 2.38 bits per heavy atom. The monoisotopic (exact) mass is 493 g/mol. The van der Waals surface area contributed by atoms with Gasteiger partial charge in [-0.05, 0) is 48.3 Å². The minimum Gasteiger partial charge on any atom is -0.476 e. The van der Waals surface area contributed by atoms with E-state index in [2.05, 4.69) is 49.3 Å². The normalized spacial score (nSPS) is 16.8. The lowest BCUT2D eigenvalue weighted by Gasteiger charge is -2.39. The molecule has 0 saturated carbocycles. The number of aromatic nitrogens is 4. The first kappa shape index (κ1) is 21.4. The Morgan fingerprint density at radius 1 is 1.00 bits per heavy atom. The van der Waals surface area contributed by atoms with Gasteiger partial charge >= 0.3 is 5.97 Å². The number of benzene rings is 2. The summed E-state index contributed by atoms with van der Waals surface area (Å²) in [4.78, 5) is 23.4. The standard InChI is InChI=1S/C25H21Cl2N5O2/c26-17-7-3-6-16(19(17)27)20-18-21(23(33)34)28-24(29-22(18)31-30-20)32-10-8-25(9-11-32)12-14-4-1-2-5-15(14)13-25/h1-7H,8-13H2,(H,33,34)(H,28,29,30,31). The zero-order valence-corrected chi connectivity index (χ0v) is 19.7. The zero-order chi connectivity index (χ0) is 23.4. The number of carboxylic acid groups (broad SMARTS) is 1. The predicted octanol–water partition coefficient (Wildman–Crippen LogP) is 5.41. The maximum atomic E-state index is 12.2. The SMILES string of the molecule is O=C(O)c1nc(N2CCC3(CC2)Cc2ccccc2C3)nc2[nH]nc(-c3cccc(Cl)c3Cl)c12. The highest BCUT2D eigenvalue weighted by molar-refractivity contribution is 6.43. The molecule has 2 aromatic carbocycles. The van der Waals surface area contributed by atoms with E-state index in [1.807, 2.05) is 0 Å². The highest BCUT2D eigenvalue weighted by Gasteiger charge is 2.40. The fourth-order valence-corrected chi connectivity index (χ4v) is 5.79. The smallest absolute Gasteiger partial charge is 0.355 e. The van der Waals surface area contributed by atoms with E-state index < -0.39 is 5.97 Å². The second-order valence-electron chi connectivity index (χ2n) is 9.18. The molecule has 34 heavy (non-hydrogen) atoms. The van der Waals surface area contributed by atoms with Crippen molar-refractivity contribution in [2.75, 3.05) is 18.0 Å². The molecule has 2 aliphatic rings. The van der Waals surface area contributed by atoms with Gasteiger partial charge in [0.15, 0.2) is 11.3 Å². The van der Waals surface area contributed by atoms with Crippen LogP contribution in [0.1, 0.15) is 34.5 Å². The quantitative estimate of drug-likeness (QED) is 0.396. The van der Waals surface area contributed by atoms with Crippen molar-refractivity contribution in [2.24, 2.45) is 5.41 Å². The summed E-state index contributed by atoms with van der Waals surface area (Å²) >= 11 is 12.5. The number of nitrogens with zero attached hydrogens (tertiary/aromatic N) is 4. The van der Waals surface area contributed by atoms with Crippen LogP contribution in [0.5, 0.6) is 0 Å². The van der Waals surface area contributed by atoms with Gasteiger partial charge in [-0.1, -0.05) is 59.6 Å². The van der Waals surface area contributed by atoms with Crippen LogP contribution in [0.2, 0.25) is 10.0 Å². The van der Waals surface area contributed by atoms with Crippen LogP contribution in [0.15, 0.2) is 42.5 Å². The number of hydrogen-bond acceptors (Lipinski definition) is 5. The molecule has 0 unspecified atom stereocenters. The number of hydrogen-bond donors (Lipinski definition) is 2. The molecule has 1 aliphatic heterocycles. The lowest BCUT2D eigenvalue weighted by Crippen LogP contribution is -2.41. The number of carbonyl (C=O) groups is 1. The van der Waals surface area contributed by atoms with Crippen molar-refractivity contribution in [1.29, 1.82) is 0 Å². The van der Waals surface area contributed by atoms with Crippen LogP contribution in [0, 0.1) is 5.41 Å². The van der Waals surface area contributed by atoms with Crippen molar-refractivity contribution in [1.82, 2.24) is 20.2 Å². The summed E-state index contributed by atoms with van der Waals surface area (Å²) in [6.07, 6.45) is 4.22. The highest BCUT2D eigenvalue weighted by atomic mass is 35.5. The number of carboxylic acids is 1. The minimum absolute atomic E-state index is 0.103. The number of fused-ring (bicyclic) bond motifs is 2. The minimum atomic E-state index is -1.14. The largest absolute Gasteiger partial charge is 0.476 e. The Kier molecular flexibility index (Phi) is 5.00. The molecule has 172 valence electrons. The van der Waals surface area contributed by atoms with E-state index in [0.717, 1.165) is 38.8 Å². The van der Waals surface area contributed by atoms with Gasteiger partial charge in [-0.3, -0.25) is 5.10 Å². The molecular weight excluding hydrogens is 473 g/mol. The Balaban J connectivity index is 1.33. The van der Waals surface area contributed by atoms with E-state index in [-0.39, 0.29) is 11.1 Å². The Labute approximate surface area is 205 Å². The molecular formula is C25H21Cl2N5O2. The fraction of sp³-hybridized carbons (Fsp3) is 0.280. The van der Waals surface area contributed by atoms with Gasteiger partial charge in [-0.2, -0.15) is 10.1 Å². The van der Waals surface area contributed by atoms with Crippen molar-refractivity contribution in [2.45, 2.75) is 25.7 Å². The lowest BCUT2D eigenvalue weighted by atomic mass is 9.76. The number of anilines is 1. The molecule has 1 aliphatic carbocycles. The third kappa shape index (κ3) is 3.42. The summed E-state index contributed by atoms with van der Waals surface area (Å²) in [6.45, 7) is 1.55. The number of halogens is 2. The maximum Gasteiger partial charge on any atom is 0.355 e. The van der Waals surface area contributed by atoms with E-state index in [0.29, 0.717) is 38.3 Å². The molecule has 6 rings (SSSR count). The van der Waals surface area contributed by atoms with Crippen LogP contribution < -0.4 is 4.90 Å². The summed E-state index contributed by atoms with van der Waals surface area (Å²) in [6, 6.07) is 13.8. The number of aromatic amines is 1. The van der Waals surface area contributed by atoms with Crippen LogP contribution in [-0.4, -0.2) is 44.3 Å². The van der Waals surface area contributed by atoms with Gasteiger partial charge in [0.2, 0.25) is 5.95 Å². The van der Waals surface area contributed by atoms with Gasteiger partial charge < -0.3 is 10.0 Å². The van der Waals surface area contributed by atoms with Gasteiger partial charge in [0.05, 0.1) is 15.4 Å². The lowest BCUT2D eigenvalue weighted by molar-refractivity contribution is 0.0692. The molecule has 2 N–H and O–H groups in total. The molecule has 1 saturated heterocycles. The topological polar surface area (TPSA) is 95.0 Å². The number of rotatable bonds is 3. The number of nitrogens with one attached hydrogen (secondary N) is 1. The van der Waals surface area contributed by atoms with Gasteiger partial charge in [-0.25, -0.2) is 9.78 Å². The van der Waals surface area contributed by atoms with Crippen molar-refractivity contribution < 1.29 is 9.90 Å². The molecule has 1 spiro atoms. The van der Waals surface area contributed by atoms with Crippen molar-refractivity contribution in [3.05, 3.63) is 69.3 Å². The van der Waals surface area contributed by atoms with E-state index in [1.165, 1.54) is 11.1 Å². The van der Waals surface area contributed by atoms with Crippen molar-refractivity contribution in [3.63, 3.8) is 0 Å². The van der Waals surface area contributed by atoms with E-state index in [1.54, 1.807) is 18.2 Å². The van der Waals surface area contributed by atoms with Crippen LogP contribution >= 0.6 is 23.2 Å². The molecule has 2 aromatic heterocycles. The molecule has 7 nitrogen and oxygen atoms in total. The van der Waals surface area contributed by atoms with Gasteiger partial charge in [0.25, 0.3) is 0 Å². The maximum absolute atomic E-state index is 12.2. The fourth-order valence-electron chi connectivity index (χ4n) is 5.40. The van der Waals surface area contributed by atoms with E-state index in [4.69, 9.17) is 23.2 Å². The van der Waals surface area contributed by atoms with Gasteiger partial charge in [-0.15, -0.1) is 0 Å². The first-order valence-electron chi connectivity index (χ1n) is 11.2. The Bertz CT molecular complexity index is 1420. The second-order valence-corrected chi connectivity index (χ2v) is 9.97. The molecule has 0 atom stereocenters. The van der Waals surface area contributed by atoms with Crippen LogP contribution in [0.4, 0.5) is 5.95 Å². The summed E-state index contributed by atoms with van der Waals surface area (Å²) < 4.78 is 0. The number of H-pyrrole nitrogens is 1. The summed E-state index contributed by atoms with van der Waals surface area (Å²) in [7, 11) is 0. The Hall–Kier alpha value is -3.16. The second kappa shape index (κ2) is 7.96. The average molecular weight is 494 g/mol. The predicted molar refractivity (Wildman–Crippen MR) is 132 cm³/mol. The zero-order valence-electron chi connectivity index (χ0n) is 18.2. The van der Waals surface area contributed by atoms with E-state index >= 15 is 0 Å². The van der Waals surface area contributed by atoms with Crippen LogP contribution in [0.25, 0.3) is 22.3 Å². The molecule has 9 heteroatoms. The first-order chi connectivity index (χ1) is 16.4.